The summed E-state index contributed by atoms with van der Waals surface area (Å²) in [5.74, 6) is 0. The molecule has 0 amide bonds. The van der Waals surface area contributed by atoms with Crippen LogP contribution >= 0.6 is 11.3 Å². The van der Waals surface area contributed by atoms with E-state index in [0.717, 1.165) is 17.1 Å². The molecule has 0 saturated carbocycles. The van der Waals surface area contributed by atoms with Crippen LogP contribution in [0.3, 0.4) is 0 Å². The molecule has 0 aliphatic carbocycles. The van der Waals surface area contributed by atoms with Crippen molar-refractivity contribution in [3.05, 3.63) is 212 Å². The molecule has 1 heterocycles. The molecule has 0 aliphatic heterocycles. The monoisotopic (exact) mass is 729 g/mol. The van der Waals surface area contributed by atoms with Crippen LogP contribution in [0.5, 0.6) is 0 Å². The van der Waals surface area contributed by atoms with Crippen LogP contribution in [0.15, 0.2) is 212 Å². The second kappa shape index (κ2) is 13.4. The van der Waals surface area contributed by atoms with Gasteiger partial charge in [-0.05, 0) is 126 Å². The van der Waals surface area contributed by atoms with Crippen LogP contribution in [0.25, 0.3) is 85.9 Å². The molecule has 0 N–H and O–H groups in total. The Morgan fingerprint density at radius 3 is 1.25 bits per heavy atom. The van der Waals surface area contributed by atoms with Gasteiger partial charge in [-0.25, -0.2) is 0 Å². The smallest absolute Gasteiger partial charge is 0.0468 e. The number of hydrogen-bond donors (Lipinski definition) is 0. The van der Waals surface area contributed by atoms with Gasteiger partial charge < -0.3 is 4.90 Å². The predicted octanol–water partition coefficient (Wildman–Crippen LogP) is 16.0. The summed E-state index contributed by atoms with van der Waals surface area (Å²) in [6.07, 6.45) is 0. The fourth-order valence-corrected chi connectivity index (χ4v) is 9.57. The zero-order chi connectivity index (χ0) is 37.0. The predicted molar refractivity (Wildman–Crippen MR) is 243 cm³/mol. The van der Waals surface area contributed by atoms with E-state index in [-0.39, 0.29) is 0 Å². The Morgan fingerprint density at radius 1 is 0.232 bits per heavy atom. The first kappa shape index (κ1) is 32.4. The summed E-state index contributed by atoms with van der Waals surface area (Å²) in [4.78, 5) is 2.41. The molecule has 56 heavy (non-hydrogen) atoms. The molecular weight excluding hydrogens is 695 g/mol. The van der Waals surface area contributed by atoms with E-state index >= 15 is 0 Å². The van der Waals surface area contributed by atoms with Crippen molar-refractivity contribution in [1.82, 2.24) is 0 Å². The molecule has 1 nitrogen and oxygen atoms in total. The molecule has 0 aliphatic rings. The van der Waals surface area contributed by atoms with E-state index in [9.17, 15) is 0 Å². The molecule has 0 bridgehead atoms. The lowest BCUT2D eigenvalue weighted by atomic mass is 9.94. The van der Waals surface area contributed by atoms with E-state index in [4.69, 9.17) is 0 Å². The Hall–Kier alpha value is -7.00. The zero-order valence-electron chi connectivity index (χ0n) is 30.6. The molecule has 0 unspecified atom stereocenters. The minimum absolute atomic E-state index is 1.11. The molecule has 1 aromatic heterocycles. The van der Waals surface area contributed by atoms with E-state index in [1.165, 1.54) is 85.9 Å². The number of rotatable bonds is 6. The molecule has 0 spiro atoms. The van der Waals surface area contributed by atoms with Crippen LogP contribution in [-0.4, -0.2) is 0 Å². The van der Waals surface area contributed by atoms with Crippen molar-refractivity contribution in [2.75, 3.05) is 4.90 Å². The fraction of sp³-hybridized carbons (Fsp3) is 0. The second-order valence-corrected chi connectivity index (χ2v) is 15.6. The summed E-state index contributed by atoms with van der Waals surface area (Å²) in [5.41, 5.74) is 10.6. The van der Waals surface area contributed by atoms with Crippen LogP contribution < -0.4 is 4.90 Å². The lowest BCUT2D eigenvalue weighted by molar-refractivity contribution is 1.29. The number of nitrogens with zero attached hydrogens (tertiary/aromatic N) is 1. The SMILES string of the molecule is c1ccc(-c2ccc(N(c3cccc(-c4ccc5sc6ccc(-c7ccccc7)cc6c5c4)c3)c3ccc4c5ccccc5c5ccccc5c4c3)cc2)cc1. The van der Waals surface area contributed by atoms with Crippen LogP contribution in [0.2, 0.25) is 0 Å². The van der Waals surface area contributed by atoms with Gasteiger partial charge in [0.15, 0.2) is 0 Å². The summed E-state index contributed by atoms with van der Waals surface area (Å²) in [5, 5.41) is 10.2. The van der Waals surface area contributed by atoms with Gasteiger partial charge in [-0.1, -0.05) is 152 Å². The molecule has 0 atom stereocenters. The van der Waals surface area contributed by atoms with E-state index in [2.05, 4.69) is 217 Å². The van der Waals surface area contributed by atoms with Crippen LogP contribution in [0.4, 0.5) is 17.1 Å². The lowest BCUT2D eigenvalue weighted by Gasteiger charge is -2.27. The zero-order valence-corrected chi connectivity index (χ0v) is 31.4. The van der Waals surface area contributed by atoms with Gasteiger partial charge in [0.05, 0.1) is 0 Å². The van der Waals surface area contributed by atoms with Gasteiger partial charge in [0.25, 0.3) is 0 Å². The molecule has 11 aromatic rings. The minimum Gasteiger partial charge on any atom is -0.310 e. The highest BCUT2D eigenvalue weighted by atomic mass is 32.1. The quantitative estimate of drug-likeness (QED) is 0.154. The Bertz CT molecular complexity index is 3200. The molecule has 0 radical (unpaired) electrons. The van der Waals surface area contributed by atoms with Gasteiger partial charge in [-0.15, -0.1) is 11.3 Å². The van der Waals surface area contributed by atoms with Crippen molar-refractivity contribution < 1.29 is 0 Å². The van der Waals surface area contributed by atoms with E-state index < -0.39 is 0 Å². The van der Waals surface area contributed by atoms with Crippen molar-refractivity contribution in [2.24, 2.45) is 0 Å². The Kier molecular flexibility index (Phi) is 7.75. The normalized spacial score (nSPS) is 11.6. The standard InChI is InChI=1S/C54H35NS/c1-3-12-36(13-4-1)38-22-26-42(27-23-38)55(44-28-29-49-47-20-8-7-18-45(47)46-19-9-10-21-48(46)50(49)35-44)43-17-11-16-39(32-43)41-25-31-54-52(34-41)51-33-40(24-30-53(51)56-54)37-14-5-2-6-15-37/h1-35H. The average Bonchev–Trinajstić information content (AvgIpc) is 3.65. The highest BCUT2D eigenvalue weighted by molar-refractivity contribution is 7.25. The van der Waals surface area contributed by atoms with Gasteiger partial charge in [0, 0.05) is 37.2 Å². The fourth-order valence-electron chi connectivity index (χ4n) is 8.51. The Labute approximate surface area is 330 Å². The third-order valence-corrected chi connectivity index (χ3v) is 12.4. The molecule has 262 valence electrons. The molecule has 10 aromatic carbocycles. The highest BCUT2D eigenvalue weighted by Gasteiger charge is 2.17. The van der Waals surface area contributed by atoms with Crippen molar-refractivity contribution in [3.63, 3.8) is 0 Å². The maximum Gasteiger partial charge on any atom is 0.0468 e. The number of fused-ring (bicyclic) bond motifs is 9. The first-order valence-electron chi connectivity index (χ1n) is 19.2. The first-order chi connectivity index (χ1) is 27.7. The summed E-state index contributed by atoms with van der Waals surface area (Å²) in [6, 6.07) is 77.7. The molecule has 0 saturated heterocycles. The third kappa shape index (κ3) is 5.54. The summed E-state index contributed by atoms with van der Waals surface area (Å²) in [7, 11) is 0. The largest absolute Gasteiger partial charge is 0.310 e. The topological polar surface area (TPSA) is 3.24 Å². The summed E-state index contributed by atoms with van der Waals surface area (Å²) in [6.45, 7) is 0. The van der Waals surface area contributed by atoms with E-state index in [0.29, 0.717) is 0 Å². The molecule has 0 fully saturated rings. The highest BCUT2D eigenvalue weighted by Crippen LogP contribution is 2.43. The van der Waals surface area contributed by atoms with E-state index in [1.807, 2.05) is 11.3 Å². The van der Waals surface area contributed by atoms with Crippen LogP contribution in [0, 0.1) is 0 Å². The number of anilines is 3. The maximum absolute atomic E-state index is 2.41. The Balaban J connectivity index is 1.07. The number of hydrogen-bond acceptors (Lipinski definition) is 2. The van der Waals surface area contributed by atoms with Gasteiger partial charge in [-0.3, -0.25) is 0 Å². The van der Waals surface area contributed by atoms with Gasteiger partial charge >= 0.3 is 0 Å². The minimum atomic E-state index is 1.11. The second-order valence-electron chi connectivity index (χ2n) is 14.5. The molecule has 2 heteroatoms. The lowest BCUT2D eigenvalue weighted by Crippen LogP contribution is -2.10. The van der Waals surface area contributed by atoms with Gasteiger partial charge in [0.1, 0.15) is 0 Å². The number of thiophene rings is 1. The maximum atomic E-state index is 2.41. The Morgan fingerprint density at radius 2 is 0.643 bits per heavy atom. The summed E-state index contributed by atoms with van der Waals surface area (Å²) < 4.78 is 2.62. The average molecular weight is 730 g/mol. The van der Waals surface area contributed by atoms with Crippen molar-refractivity contribution in [1.29, 1.82) is 0 Å². The van der Waals surface area contributed by atoms with Gasteiger partial charge in [-0.2, -0.15) is 0 Å². The summed E-state index contributed by atoms with van der Waals surface area (Å²) >= 11 is 1.87. The van der Waals surface area contributed by atoms with Crippen LogP contribution in [-0.2, 0) is 0 Å². The van der Waals surface area contributed by atoms with Crippen molar-refractivity contribution in [2.45, 2.75) is 0 Å². The van der Waals surface area contributed by atoms with Gasteiger partial charge in [0.2, 0.25) is 0 Å². The van der Waals surface area contributed by atoms with E-state index in [1.54, 1.807) is 0 Å². The number of benzene rings is 10. The third-order valence-electron chi connectivity index (χ3n) is 11.2. The molecular formula is C54H35NS. The van der Waals surface area contributed by atoms with Crippen LogP contribution in [0.1, 0.15) is 0 Å². The van der Waals surface area contributed by atoms with Crippen molar-refractivity contribution in [3.8, 4) is 33.4 Å². The molecule has 11 rings (SSSR count). The van der Waals surface area contributed by atoms with Crippen molar-refractivity contribution >= 4 is 80.9 Å². The first-order valence-corrected chi connectivity index (χ1v) is 20.0.